The number of β-amino-alcohol motifs (C(OH)–C–C–N with tert-alkyl or cyclic N) is 1. The number of hydrogen-bond acceptors (Lipinski definition) is 3. The molecule has 1 aliphatic rings. The van der Waals surface area contributed by atoms with Crippen molar-refractivity contribution >= 4 is 17.4 Å². The van der Waals surface area contributed by atoms with Crippen LogP contribution in [-0.2, 0) is 6.42 Å². The number of carbonyl (C=O) groups excluding carboxylic acids is 1. The Morgan fingerprint density at radius 2 is 2.13 bits per heavy atom. The van der Waals surface area contributed by atoms with Crippen LogP contribution in [-0.4, -0.2) is 35.2 Å². The number of hydrogen-bond donors (Lipinski definition) is 2. The molecule has 23 heavy (non-hydrogen) atoms. The van der Waals surface area contributed by atoms with Crippen LogP contribution in [0.4, 0.5) is 4.79 Å². The number of urea groups is 1. The average molecular weight is 330 g/mol. The van der Waals surface area contributed by atoms with Crippen LogP contribution >= 0.6 is 11.3 Å². The fourth-order valence-corrected chi connectivity index (χ4v) is 3.72. The van der Waals surface area contributed by atoms with E-state index in [0.29, 0.717) is 13.1 Å². The summed E-state index contributed by atoms with van der Waals surface area (Å²) in [7, 11) is 0. The number of thiophene rings is 1. The van der Waals surface area contributed by atoms with Gasteiger partial charge in [0.2, 0.25) is 0 Å². The van der Waals surface area contributed by atoms with Crippen molar-refractivity contribution in [3.63, 3.8) is 0 Å². The summed E-state index contributed by atoms with van der Waals surface area (Å²) >= 11 is 1.66. The van der Waals surface area contributed by atoms with E-state index in [-0.39, 0.29) is 12.1 Å². The van der Waals surface area contributed by atoms with E-state index in [1.807, 2.05) is 29.6 Å². The Morgan fingerprint density at radius 1 is 1.30 bits per heavy atom. The van der Waals surface area contributed by atoms with E-state index >= 15 is 0 Å². The lowest BCUT2D eigenvalue weighted by molar-refractivity contribution is 0.0833. The number of rotatable bonds is 4. The van der Waals surface area contributed by atoms with Gasteiger partial charge in [0.05, 0.1) is 12.1 Å². The molecular weight excluding hydrogens is 308 g/mol. The molecule has 2 heterocycles. The molecule has 1 aromatic carbocycles. The van der Waals surface area contributed by atoms with Crippen molar-refractivity contribution < 1.29 is 9.90 Å². The lowest BCUT2D eigenvalue weighted by Crippen LogP contribution is -2.48. The Hall–Kier alpha value is -1.85. The van der Waals surface area contributed by atoms with Crippen LogP contribution in [0.2, 0.25) is 0 Å². The fourth-order valence-electron chi connectivity index (χ4n) is 2.94. The lowest BCUT2D eigenvalue weighted by Gasteiger charge is -2.31. The van der Waals surface area contributed by atoms with E-state index in [9.17, 15) is 9.90 Å². The highest BCUT2D eigenvalue weighted by molar-refractivity contribution is 7.10. The number of benzene rings is 1. The van der Waals surface area contributed by atoms with Crippen molar-refractivity contribution in [1.82, 2.24) is 10.2 Å². The standard InChI is InChI=1S/C18H22N2O2S/c21-15-8-4-10-20(13-15)18(22)19-16(17-9-5-11-23-17)12-14-6-2-1-3-7-14/h1-3,5-7,9,11,15-16,21H,4,8,10,12-13H2,(H,19,22). The molecular formula is C18H22N2O2S. The predicted molar refractivity (Wildman–Crippen MR) is 92.6 cm³/mol. The van der Waals surface area contributed by atoms with E-state index in [1.165, 1.54) is 5.56 Å². The van der Waals surface area contributed by atoms with E-state index in [1.54, 1.807) is 16.2 Å². The summed E-state index contributed by atoms with van der Waals surface area (Å²) in [6.45, 7) is 1.14. The zero-order valence-electron chi connectivity index (χ0n) is 13.0. The van der Waals surface area contributed by atoms with Crippen molar-refractivity contribution in [1.29, 1.82) is 0 Å². The van der Waals surface area contributed by atoms with Crippen molar-refractivity contribution in [2.45, 2.75) is 31.4 Å². The first kappa shape index (κ1) is 16.0. The fraction of sp³-hybridized carbons (Fsp3) is 0.389. The van der Waals surface area contributed by atoms with Gasteiger partial charge in [-0.05, 0) is 36.3 Å². The number of aliphatic hydroxyl groups excluding tert-OH is 1. The van der Waals surface area contributed by atoms with Crippen LogP contribution in [0.25, 0.3) is 0 Å². The molecule has 2 N–H and O–H groups in total. The Morgan fingerprint density at radius 3 is 2.83 bits per heavy atom. The van der Waals surface area contributed by atoms with Crippen LogP contribution in [0.15, 0.2) is 47.8 Å². The van der Waals surface area contributed by atoms with Gasteiger partial charge in [-0.15, -0.1) is 11.3 Å². The minimum absolute atomic E-state index is 0.0380. The van der Waals surface area contributed by atoms with Gasteiger partial charge in [0.1, 0.15) is 0 Å². The van der Waals surface area contributed by atoms with Crippen molar-refractivity contribution in [2.24, 2.45) is 0 Å². The van der Waals surface area contributed by atoms with Gasteiger partial charge < -0.3 is 15.3 Å². The molecule has 0 saturated carbocycles. The molecule has 2 aromatic rings. The van der Waals surface area contributed by atoms with Crippen molar-refractivity contribution in [2.75, 3.05) is 13.1 Å². The number of carbonyl (C=O) groups is 1. The molecule has 0 aliphatic carbocycles. The Bertz CT molecular complexity index is 615. The minimum Gasteiger partial charge on any atom is -0.391 e. The van der Waals surface area contributed by atoms with Crippen LogP contribution in [0.3, 0.4) is 0 Å². The molecule has 5 heteroatoms. The second kappa shape index (κ2) is 7.62. The number of amides is 2. The monoisotopic (exact) mass is 330 g/mol. The maximum absolute atomic E-state index is 12.5. The predicted octanol–water partition coefficient (Wildman–Crippen LogP) is 3.20. The molecule has 0 bridgehead atoms. The van der Waals surface area contributed by atoms with E-state index in [2.05, 4.69) is 23.5 Å². The molecule has 2 unspecified atom stereocenters. The van der Waals surface area contributed by atoms with Gasteiger partial charge in [-0.2, -0.15) is 0 Å². The third kappa shape index (κ3) is 4.33. The number of nitrogens with one attached hydrogen (secondary N) is 1. The SMILES string of the molecule is O=C(NC(Cc1ccccc1)c1cccs1)N1CCCC(O)C1. The number of aliphatic hydroxyl groups is 1. The van der Waals surface area contributed by atoms with E-state index < -0.39 is 6.10 Å². The van der Waals surface area contributed by atoms with E-state index in [4.69, 9.17) is 0 Å². The summed E-state index contributed by atoms with van der Waals surface area (Å²) in [5, 5.41) is 14.9. The van der Waals surface area contributed by atoms with Crippen LogP contribution in [0, 0.1) is 0 Å². The average Bonchev–Trinajstić information content (AvgIpc) is 3.09. The summed E-state index contributed by atoms with van der Waals surface area (Å²) < 4.78 is 0. The molecule has 0 radical (unpaired) electrons. The summed E-state index contributed by atoms with van der Waals surface area (Å²) in [4.78, 5) is 15.4. The topological polar surface area (TPSA) is 52.6 Å². The first-order valence-corrected chi connectivity index (χ1v) is 8.91. The quantitative estimate of drug-likeness (QED) is 0.904. The Kier molecular flexibility index (Phi) is 5.31. The second-order valence-corrected chi connectivity index (χ2v) is 6.93. The zero-order chi connectivity index (χ0) is 16.1. The van der Waals surface area contributed by atoms with Crippen LogP contribution in [0.5, 0.6) is 0 Å². The molecule has 1 aromatic heterocycles. The van der Waals surface area contributed by atoms with Gasteiger partial charge in [0.15, 0.2) is 0 Å². The smallest absolute Gasteiger partial charge is 0.318 e. The Labute approximate surface area is 140 Å². The van der Waals surface area contributed by atoms with Crippen molar-refractivity contribution in [3.05, 3.63) is 58.3 Å². The molecule has 3 rings (SSSR count). The number of likely N-dealkylation sites (tertiary alicyclic amines) is 1. The molecule has 1 saturated heterocycles. The highest BCUT2D eigenvalue weighted by Gasteiger charge is 2.24. The zero-order valence-corrected chi connectivity index (χ0v) is 13.8. The second-order valence-electron chi connectivity index (χ2n) is 5.95. The number of nitrogens with zero attached hydrogens (tertiary/aromatic N) is 1. The van der Waals surface area contributed by atoms with Gasteiger partial charge in [-0.25, -0.2) is 4.79 Å². The van der Waals surface area contributed by atoms with Crippen LogP contribution < -0.4 is 5.32 Å². The first-order valence-electron chi connectivity index (χ1n) is 8.03. The van der Waals surface area contributed by atoms with Gasteiger partial charge in [0, 0.05) is 18.0 Å². The normalized spacial score (nSPS) is 19.3. The first-order chi connectivity index (χ1) is 11.2. The highest BCUT2D eigenvalue weighted by Crippen LogP contribution is 2.23. The number of piperidine rings is 1. The lowest BCUT2D eigenvalue weighted by atomic mass is 10.0. The highest BCUT2D eigenvalue weighted by atomic mass is 32.1. The molecule has 4 nitrogen and oxygen atoms in total. The maximum atomic E-state index is 12.5. The van der Waals surface area contributed by atoms with Gasteiger partial charge in [-0.3, -0.25) is 0 Å². The van der Waals surface area contributed by atoms with Gasteiger partial charge >= 0.3 is 6.03 Å². The summed E-state index contributed by atoms with van der Waals surface area (Å²) in [5.41, 5.74) is 1.20. The molecule has 0 spiro atoms. The third-order valence-electron chi connectivity index (χ3n) is 4.15. The Balaban J connectivity index is 1.70. The molecule has 122 valence electrons. The molecule has 2 atom stereocenters. The molecule has 1 fully saturated rings. The largest absolute Gasteiger partial charge is 0.391 e. The summed E-state index contributed by atoms with van der Waals surface area (Å²) in [5.74, 6) is 0. The minimum atomic E-state index is -0.399. The maximum Gasteiger partial charge on any atom is 0.318 e. The van der Waals surface area contributed by atoms with E-state index in [0.717, 1.165) is 24.1 Å². The molecule has 2 amide bonds. The summed E-state index contributed by atoms with van der Waals surface area (Å²) in [6, 6.07) is 14.1. The van der Waals surface area contributed by atoms with Gasteiger partial charge in [0.25, 0.3) is 0 Å². The van der Waals surface area contributed by atoms with Gasteiger partial charge in [-0.1, -0.05) is 36.4 Å². The van der Waals surface area contributed by atoms with Crippen molar-refractivity contribution in [3.8, 4) is 0 Å². The van der Waals surface area contributed by atoms with Crippen LogP contribution in [0.1, 0.15) is 29.3 Å². The third-order valence-corrected chi connectivity index (χ3v) is 5.14. The summed E-state index contributed by atoms with van der Waals surface area (Å²) in [6.07, 6.45) is 2.01. The molecule has 1 aliphatic heterocycles.